The van der Waals surface area contributed by atoms with Gasteiger partial charge in [0, 0.05) is 0 Å². The Kier molecular flexibility index (Phi) is 8.01. The van der Waals surface area contributed by atoms with Crippen LogP contribution in [0.2, 0.25) is 0 Å². The Morgan fingerprint density at radius 1 is 0.793 bits per heavy atom. The molecule has 3 aromatic carbocycles. The van der Waals surface area contributed by atoms with Gasteiger partial charge in [0.2, 0.25) is 0 Å². The molecule has 0 aromatic heterocycles. The Balaban J connectivity index is 0.000000941. The van der Waals surface area contributed by atoms with Crippen LogP contribution in [0.15, 0.2) is 54.6 Å². The Bertz CT molecular complexity index is 938. The summed E-state index contributed by atoms with van der Waals surface area (Å²) in [6, 6.07) is 19.2. The van der Waals surface area contributed by atoms with Gasteiger partial charge in [-0.3, -0.25) is 4.79 Å². The van der Waals surface area contributed by atoms with E-state index in [2.05, 4.69) is 96.1 Å². The van der Waals surface area contributed by atoms with Gasteiger partial charge in [-0.1, -0.05) is 96.5 Å². The van der Waals surface area contributed by atoms with Gasteiger partial charge in [-0.2, -0.15) is 0 Å². The third-order valence-corrected chi connectivity index (χ3v) is 4.97. The molecule has 0 aliphatic rings. The normalized spacial score (nSPS) is 10.9. The van der Waals surface area contributed by atoms with Crippen molar-refractivity contribution < 1.29 is 9.90 Å². The van der Waals surface area contributed by atoms with Crippen LogP contribution in [-0.4, -0.2) is 11.1 Å². The van der Waals surface area contributed by atoms with Crippen molar-refractivity contribution in [3.05, 3.63) is 71.3 Å². The highest BCUT2D eigenvalue weighted by Crippen LogP contribution is 2.35. The van der Waals surface area contributed by atoms with Crippen LogP contribution in [0.5, 0.6) is 0 Å². The average Bonchev–Trinajstić information content (AvgIpc) is 2.67. The Labute approximate surface area is 175 Å². The molecule has 0 amide bonds. The quantitative estimate of drug-likeness (QED) is 0.482. The van der Waals surface area contributed by atoms with E-state index in [9.17, 15) is 9.90 Å². The number of carbonyl (C=O) groups is 1. The maximum absolute atomic E-state index is 11.4. The first-order valence-electron chi connectivity index (χ1n) is 10.7. The van der Waals surface area contributed by atoms with Gasteiger partial charge in [0.25, 0.3) is 0 Å². The van der Waals surface area contributed by atoms with Crippen LogP contribution in [0.1, 0.15) is 76.5 Å². The first-order valence-corrected chi connectivity index (χ1v) is 10.7. The van der Waals surface area contributed by atoms with Gasteiger partial charge in [-0.25, -0.2) is 0 Å². The molecule has 0 saturated heterocycles. The van der Waals surface area contributed by atoms with Crippen molar-refractivity contribution in [3.63, 3.8) is 0 Å². The van der Waals surface area contributed by atoms with E-state index >= 15 is 0 Å². The third kappa shape index (κ3) is 5.69. The summed E-state index contributed by atoms with van der Waals surface area (Å²) >= 11 is 0. The summed E-state index contributed by atoms with van der Waals surface area (Å²) in [7, 11) is 0. The second-order valence-electron chi connectivity index (χ2n) is 8.28. The van der Waals surface area contributed by atoms with Crippen molar-refractivity contribution in [1.82, 2.24) is 0 Å². The lowest BCUT2D eigenvalue weighted by atomic mass is 9.84. The molecule has 0 fully saturated rings. The molecule has 1 N–H and O–H groups in total. The van der Waals surface area contributed by atoms with E-state index in [4.69, 9.17) is 0 Å². The number of fused-ring (bicyclic) bond motifs is 1. The fraction of sp³-hybridized carbons (Fsp3) is 0.370. The predicted octanol–water partition coefficient (Wildman–Crippen LogP) is 7.80. The van der Waals surface area contributed by atoms with E-state index < -0.39 is 5.97 Å². The standard InChI is InChI=1S/C24H26O2.C3H8/c1-15(2)21-12-20(13-22(16(3)4)23(21)14-24(25)26)19-10-9-17-7-5-6-8-18(17)11-19;1-3-2/h5-13,15-16H,14H2,1-4H3,(H,25,26);3H2,1-2H3. The summed E-state index contributed by atoms with van der Waals surface area (Å²) in [5.74, 6) is -0.211. The Hall–Kier alpha value is -2.61. The number of carboxylic acid groups (broad SMARTS) is 1. The molecule has 29 heavy (non-hydrogen) atoms. The SMILES string of the molecule is CC(C)c1cc(-c2ccc3ccccc3c2)cc(C(C)C)c1CC(=O)O.CCC. The molecule has 3 aromatic rings. The average molecular weight is 391 g/mol. The van der Waals surface area contributed by atoms with Crippen LogP contribution in [0.4, 0.5) is 0 Å². The zero-order valence-corrected chi connectivity index (χ0v) is 18.6. The minimum absolute atomic E-state index is 0.0824. The van der Waals surface area contributed by atoms with Crippen LogP contribution in [0, 0.1) is 0 Å². The molecule has 0 aliphatic carbocycles. The molecule has 0 radical (unpaired) electrons. The molecule has 0 spiro atoms. The van der Waals surface area contributed by atoms with Gasteiger partial charge in [0.05, 0.1) is 6.42 Å². The number of hydrogen-bond donors (Lipinski definition) is 1. The lowest BCUT2D eigenvalue weighted by molar-refractivity contribution is -0.136. The van der Waals surface area contributed by atoms with E-state index in [1.54, 1.807) is 0 Å². The van der Waals surface area contributed by atoms with Crippen molar-refractivity contribution in [2.45, 2.75) is 66.2 Å². The Morgan fingerprint density at radius 3 is 1.79 bits per heavy atom. The smallest absolute Gasteiger partial charge is 0.307 e. The minimum Gasteiger partial charge on any atom is -0.481 e. The van der Waals surface area contributed by atoms with Crippen molar-refractivity contribution in [3.8, 4) is 11.1 Å². The van der Waals surface area contributed by atoms with Gasteiger partial charge in [0.1, 0.15) is 0 Å². The lowest BCUT2D eigenvalue weighted by Crippen LogP contribution is -2.10. The molecular formula is C27H34O2. The molecule has 2 heteroatoms. The van der Waals surface area contributed by atoms with E-state index in [-0.39, 0.29) is 18.3 Å². The first kappa shape index (κ1) is 22.7. The Morgan fingerprint density at radius 2 is 1.31 bits per heavy atom. The summed E-state index contributed by atoms with van der Waals surface area (Å²) in [4.78, 5) is 11.4. The number of benzene rings is 3. The fourth-order valence-corrected chi connectivity index (χ4v) is 3.64. The van der Waals surface area contributed by atoms with Gasteiger partial charge >= 0.3 is 5.97 Å². The summed E-state index contributed by atoms with van der Waals surface area (Å²) in [5, 5.41) is 11.8. The summed E-state index contributed by atoms with van der Waals surface area (Å²) in [6.45, 7) is 12.8. The molecule has 0 bridgehead atoms. The van der Waals surface area contributed by atoms with Crippen LogP contribution in [0.3, 0.4) is 0 Å². The van der Waals surface area contributed by atoms with E-state index in [0.717, 1.165) is 22.3 Å². The highest BCUT2D eigenvalue weighted by molar-refractivity contribution is 5.87. The van der Waals surface area contributed by atoms with Gasteiger partial charge < -0.3 is 5.11 Å². The molecular weight excluding hydrogens is 356 g/mol. The number of rotatable bonds is 5. The van der Waals surface area contributed by atoms with Crippen LogP contribution in [0.25, 0.3) is 21.9 Å². The maximum Gasteiger partial charge on any atom is 0.307 e. The largest absolute Gasteiger partial charge is 0.481 e. The van der Waals surface area contributed by atoms with E-state index in [1.807, 2.05) is 0 Å². The monoisotopic (exact) mass is 390 g/mol. The second-order valence-corrected chi connectivity index (χ2v) is 8.28. The zero-order valence-electron chi connectivity index (χ0n) is 18.6. The van der Waals surface area contributed by atoms with Crippen LogP contribution in [-0.2, 0) is 11.2 Å². The molecule has 0 unspecified atom stereocenters. The third-order valence-electron chi connectivity index (χ3n) is 4.97. The van der Waals surface area contributed by atoms with Crippen molar-refractivity contribution in [2.75, 3.05) is 0 Å². The molecule has 0 atom stereocenters. The van der Waals surface area contributed by atoms with Crippen LogP contribution < -0.4 is 0 Å². The summed E-state index contributed by atoms with van der Waals surface area (Å²) < 4.78 is 0. The fourth-order valence-electron chi connectivity index (χ4n) is 3.64. The number of carboxylic acids is 1. The highest BCUT2D eigenvalue weighted by Gasteiger charge is 2.18. The summed E-state index contributed by atoms with van der Waals surface area (Å²) in [5.41, 5.74) is 5.60. The second kappa shape index (κ2) is 10.2. The molecule has 0 saturated carbocycles. The number of aliphatic carboxylic acids is 1. The van der Waals surface area contributed by atoms with Gasteiger partial charge in [0.15, 0.2) is 0 Å². The zero-order chi connectivity index (χ0) is 21.6. The summed E-state index contributed by atoms with van der Waals surface area (Å²) in [6.07, 6.45) is 1.33. The molecule has 3 rings (SSSR count). The van der Waals surface area contributed by atoms with Crippen molar-refractivity contribution in [1.29, 1.82) is 0 Å². The van der Waals surface area contributed by atoms with Crippen molar-refractivity contribution in [2.24, 2.45) is 0 Å². The maximum atomic E-state index is 11.4. The van der Waals surface area contributed by atoms with Crippen LogP contribution >= 0.6 is 0 Å². The van der Waals surface area contributed by atoms with Gasteiger partial charge in [-0.05, 0) is 56.5 Å². The van der Waals surface area contributed by atoms with E-state index in [1.165, 1.54) is 22.8 Å². The van der Waals surface area contributed by atoms with E-state index in [0.29, 0.717) is 0 Å². The number of hydrogen-bond acceptors (Lipinski definition) is 1. The molecule has 0 aliphatic heterocycles. The van der Waals surface area contributed by atoms with Gasteiger partial charge in [-0.15, -0.1) is 0 Å². The molecule has 154 valence electrons. The topological polar surface area (TPSA) is 37.3 Å². The molecule has 2 nitrogen and oxygen atoms in total. The minimum atomic E-state index is -0.771. The molecule has 0 heterocycles. The lowest BCUT2D eigenvalue weighted by Gasteiger charge is -2.21. The highest BCUT2D eigenvalue weighted by atomic mass is 16.4. The predicted molar refractivity (Wildman–Crippen MR) is 125 cm³/mol. The first-order chi connectivity index (χ1) is 13.8. The van der Waals surface area contributed by atoms with Crippen molar-refractivity contribution >= 4 is 16.7 Å².